The third kappa shape index (κ3) is 3.00. The Morgan fingerprint density at radius 1 is 1.28 bits per heavy atom. The molecule has 0 aliphatic carbocycles. The molecule has 0 saturated carbocycles. The predicted octanol–water partition coefficient (Wildman–Crippen LogP) is 2.30. The van der Waals surface area contributed by atoms with Gasteiger partial charge in [-0.15, -0.1) is 21.8 Å². The van der Waals surface area contributed by atoms with E-state index in [9.17, 15) is 0 Å². The molecule has 0 aliphatic heterocycles. The fourth-order valence-electron chi connectivity index (χ4n) is 1.39. The first kappa shape index (κ1) is 13.3. The van der Waals surface area contributed by atoms with Crippen LogP contribution in [0.3, 0.4) is 0 Å². The van der Waals surface area contributed by atoms with Gasteiger partial charge in [0.05, 0.1) is 11.9 Å². The van der Waals surface area contributed by atoms with Crippen LogP contribution in [0.1, 0.15) is 12.1 Å². The third-order valence-corrected chi connectivity index (χ3v) is 3.73. The molecule has 2 rings (SSSR count). The zero-order valence-electron chi connectivity index (χ0n) is 10.3. The Kier molecular flexibility index (Phi) is 4.54. The summed E-state index contributed by atoms with van der Waals surface area (Å²) < 4.78 is 1.93. The lowest BCUT2D eigenvalue weighted by atomic mass is 10.4. The second-order valence-electron chi connectivity index (χ2n) is 3.80. The Morgan fingerprint density at radius 3 is 2.78 bits per heavy atom. The molecule has 18 heavy (non-hydrogen) atoms. The van der Waals surface area contributed by atoms with Crippen molar-refractivity contribution in [3.05, 3.63) is 18.1 Å². The van der Waals surface area contributed by atoms with Crippen molar-refractivity contribution in [1.82, 2.24) is 24.7 Å². The maximum absolute atomic E-state index is 5.65. The summed E-state index contributed by atoms with van der Waals surface area (Å²) in [6.07, 6.45) is 4.40. The van der Waals surface area contributed by atoms with Gasteiger partial charge in [-0.1, -0.05) is 11.8 Å². The number of aromatic nitrogens is 5. The first-order valence-corrected chi connectivity index (χ1v) is 7.11. The van der Waals surface area contributed by atoms with Gasteiger partial charge in [0.1, 0.15) is 5.69 Å². The monoisotopic (exact) mass is 283 g/mol. The molecule has 0 N–H and O–H groups in total. The van der Waals surface area contributed by atoms with Crippen LogP contribution in [-0.2, 0) is 7.05 Å². The standard InChI is InChI=1S/C11H14ClN5S/c1-8-6-14-9(7-13-8)10-15-16-11(17(10)2)18-5-3-4-12/h6-7H,3-5H2,1-2H3. The lowest BCUT2D eigenvalue weighted by Crippen LogP contribution is -1.98. The molecule has 96 valence electrons. The molecule has 0 bridgehead atoms. The van der Waals surface area contributed by atoms with Crippen LogP contribution < -0.4 is 0 Å². The van der Waals surface area contributed by atoms with Crippen molar-refractivity contribution in [3.63, 3.8) is 0 Å². The molecule has 7 heteroatoms. The van der Waals surface area contributed by atoms with Crippen LogP contribution in [0.5, 0.6) is 0 Å². The molecule has 2 aromatic heterocycles. The van der Waals surface area contributed by atoms with Gasteiger partial charge in [0, 0.05) is 24.9 Å². The number of rotatable bonds is 5. The van der Waals surface area contributed by atoms with Gasteiger partial charge < -0.3 is 4.57 Å². The molecule has 0 aromatic carbocycles. The van der Waals surface area contributed by atoms with Crippen LogP contribution in [0.2, 0.25) is 0 Å². The number of hydrogen-bond acceptors (Lipinski definition) is 5. The smallest absolute Gasteiger partial charge is 0.191 e. The second-order valence-corrected chi connectivity index (χ2v) is 5.24. The van der Waals surface area contributed by atoms with Crippen LogP contribution in [0.4, 0.5) is 0 Å². The molecule has 5 nitrogen and oxygen atoms in total. The normalized spacial score (nSPS) is 10.8. The van der Waals surface area contributed by atoms with Crippen LogP contribution in [0, 0.1) is 6.92 Å². The van der Waals surface area contributed by atoms with Gasteiger partial charge in [-0.25, -0.2) is 4.98 Å². The molecular formula is C11H14ClN5S. The fraction of sp³-hybridized carbons (Fsp3) is 0.455. The zero-order valence-corrected chi connectivity index (χ0v) is 11.9. The summed E-state index contributed by atoms with van der Waals surface area (Å²) in [5.74, 6) is 2.34. The van der Waals surface area contributed by atoms with Gasteiger partial charge in [-0.2, -0.15) is 0 Å². The first-order valence-electron chi connectivity index (χ1n) is 5.59. The fourth-order valence-corrected chi connectivity index (χ4v) is 2.53. The quantitative estimate of drug-likeness (QED) is 0.479. The number of halogens is 1. The number of hydrogen-bond donors (Lipinski definition) is 0. The van der Waals surface area contributed by atoms with Crippen molar-refractivity contribution in [2.24, 2.45) is 7.05 Å². The molecule has 0 unspecified atom stereocenters. The van der Waals surface area contributed by atoms with E-state index in [-0.39, 0.29) is 0 Å². The Balaban J connectivity index is 2.17. The zero-order chi connectivity index (χ0) is 13.0. The lowest BCUT2D eigenvalue weighted by molar-refractivity contribution is 0.790. The molecule has 2 heterocycles. The van der Waals surface area contributed by atoms with Gasteiger partial charge in [-0.3, -0.25) is 4.98 Å². The molecule has 0 spiro atoms. The van der Waals surface area contributed by atoms with Crippen molar-refractivity contribution in [1.29, 1.82) is 0 Å². The van der Waals surface area contributed by atoms with E-state index in [0.29, 0.717) is 5.88 Å². The Bertz CT molecular complexity index is 511. The SMILES string of the molecule is Cc1cnc(-c2nnc(SCCCCl)n2C)cn1. The highest BCUT2D eigenvalue weighted by atomic mass is 35.5. The van der Waals surface area contributed by atoms with E-state index in [1.54, 1.807) is 24.2 Å². The van der Waals surface area contributed by atoms with Gasteiger partial charge in [0.15, 0.2) is 11.0 Å². The summed E-state index contributed by atoms with van der Waals surface area (Å²) in [5, 5.41) is 9.18. The summed E-state index contributed by atoms with van der Waals surface area (Å²) in [7, 11) is 1.93. The Hall–Kier alpha value is -1.14. The van der Waals surface area contributed by atoms with E-state index in [1.165, 1.54) is 0 Å². The highest BCUT2D eigenvalue weighted by Crippen LogP contribution is 2.21. The molecular weight excluding hydrogens is 270 g/mol. The molecule has 0 fully saturated rings. The van der Waals surface area contributed by atoms with E-state index >= 15 is 0 Å². The van der Waals surface area contributed by atoms with Crippen LogP contribution >= 0.6 is 23.4 Å². The van der Waals surface area contributed by atoms with E-state index in [1.807, 2.05) is 18.5 Å². The van der Waals surface area contributed by atoms with Crippen molar-refractivity contribution in [2.75, 3.05) is 11.6 Å². The largest absolute Gasteiger partial charge is 0.304 e. The highest BCUT2D eigenvalue weighted by Gasteiger charge is 2.12. The molecule has 0 radical (unpaired) electrons. The van der Waals surface area contributed by atoms with Gasteiger partial charge >= 0.3 is 0 Å². The molecule has 2 aromatic rings. The maximum Gasteiger partial charge on any atom is 0.191 e. The van der Waals surface area contributed by atoms with Crippen molar-refractivity contribution in [2.45, 2.75) is 18.5 Å². The van der Waals surface area contributed by atoms with Gasteiger partial charge in [-0.05, 0) is 13.3 Å². The van der Waals surface area contributed by atoms with Crippen LogP contribution in [0.15, 0.2) is 17.6 Å². The summed E-state index contributed by atoms with van der Waals surface area (Å²) in [5.41, 5.74) is 1.62. The summed E-state index contributed by atoms with van der Waals surface area (Å²) in [6.45, 7) is 1.90. The Labute approximate surface area is 115 Å². The minimum atomic E-state index is 0.668. The number of thioether (sulfide) groups is 1. The number of aryl methyl sites for hydroxylation is 1. The van der Waals surface area contributed by atoms with E-state index < -0.39 is 0 Å². The minimum absolute atomic E-state index is 0.668. The summed E-state index contributed by atoms with van der Waals surface area (Å²) >= 11 is 7.30. The lowest BCUT2D eigenvalue weighted by Gasteiger charge is -2.02. The van der Waals surface area contributed by atoms with Crippen molar-refractivity contribution >= 4 is 23.4 Å². The summed E-state index contributed by atoms with van der Waals surface area (Å²) in [4.78, 5) is 8.52. The maximum atomic E-state index is 5.65. The third-order valence-electron chi connectivity index (χ3n) is 2.35. The second kappa shape index (κ2) is 6.15. The topological polar surface area (TPSA) is 56.5 Å². The first-order chi connectivity index (χ1) is 8.72. The predicted molar refractivity (Wildman–Crippen MR) is 72.8 cm³/mol. The molecule has 0 aliphatic rings. The molecule has 0 atom stereocenters. The number of nitrogens with zero attached hydrogens (tertiary/aromatic N) is 5. The van der Waals surface area contributed by atoms with Gasteiger partial charge in [0.25, 0.3) is 0 Å². The summed E-state index contributed by atoms with van der Waals surface area (Å²) in [6, 6.07) is 0. The van der Waals surface area contributed by atoms with Crippen LogP contribution in [0.25, 0.3) is 11.5 Å². The highest BCUT2D eigenvalue weighted by molar-refractivity contribution is 7.99. The van der Waals surface area contributed by atoms with Crippen LogP contribution in [-0.4, -0.2) is 36.4 Å². The van der Waals surface area contributed by atoms with E-state index in [2.05, 4.69) is 20.2 Å². The minimum Gasteiger partial charge on any atom is -0.304 e. The average Bonchev–Trinajstić information content (AvgIpc) is 2.73. The number of alkyl halides is 1. The molecule has 0 amide bonds. The Morgan fingerprint density at radius 2 is 2.11 bits per heavy atom. The average molecular weight is 284 g/mol. The van der Waals surface area contributed by atoms with Crippen molar-refractivity contribution in [3.8, 4) is 11.5 Å². The van der Waals surface area contributed by atoms with Gasteiger partial charge in [0.2, 0.25) is 0 Å². The van der Waals surface area contributed by atoms with Crippen molar-refractivity contribution < 1.29 is 0 Å². The van der Waals surface area contributed by atoms with E-state index in [0.717, 1.165) is 34.5 Å². The van der Waals surface area contributed by atoms with E-state index in [4.69, 9.17) is 11.6 Å². The molecule has 0 saturated heterocycles.